The van der Waals surface area contributed by atoms with Gasteiger partial charge in [0.1, 0.15) is 10.6 Å². The molecule has 2 N–H and O–H groups in total. The van der Waals surface area contributed by atoms with Gasteiger partial charge in [-0.3, -0.25) is 9.00 Å². The second-order valence-corrected chi connectivity index (χ2v) is 7.89. The van der Waals surface area contributed by atoms with Crippen molar-refractivity contribution >= 4 is 45.1 Å². The van der Waals surface area contributed by atoms with E-state index in [1.165, 1.54) is 12.1 Å². The van der Waals surface area contributed by atoms with Crippen molar-refractivity contribution in [3.8, 4) is 0 Å². The monoisotopic (exact) mass is 410 g/mol. The Bertz CT molecular complexity index is 893. The lowest BCUT2D eigenvalue weighted by Crippen LogP contribution is -2.20. The summed E-state index contributed by atoms with van der Waals surface area (Å²) in [5, 5.41) is 11.7. The van der Waals surface area contributed by atoms with E-state index in [4.69, 9.17) is 9.84 Å². The standard InChI is InChI=1S/C17H18N2O6S2/c1-3-25-16(23)14-10(2)18-17(26-14)19-13(20)9-27(24)8-11-5-4-6-12(7-11)15(21)22/h4-7H,3,8-9H2,1-2H3,(H,21,22)(H,18,19,20). The number of amides is 1. The molecular weight excluding hydrogens is 392 g/mol. The fourth-order valence-corrected chi connectivity index (χ4v) is 4.06. The van der Waals surface area contributed by atoms with Gasteiger partial charge in [-0.2, -0.15) is 0 Å². The van der Waals surface area contributed by atoms with E-state index in [1.54, 1.807) is 26.0 Å². The number of carboxylic acids is 1. The topological polar surface area (TPSA) is 123 Å². The molecule has 2 rings (SSSR count). The van der Waals surface area contributed by atoms with E-state index in [0.29, 0.717) is 16.1 Å². The third-order valence-electron chi connectivity index (χ3n) is 3.30. The second kappa shape index (κ2) is 9.38. The van der Waals surface area contributed by atoms with Crippen molar-refractivity contribution in [1.82, 2.24) is 4.98 Å². The normalized spacial score (nSPS) is 11.6. The Morgan fingerprint density at radius 1 is 1.33 bits per heavy atom. The van der Waals surface area contributed by atoms with Gasteiger partial charge in [-0.25, -0.2) is 14.6 Å². The maximum Gasteiger partial charge on any atom is 0.350 e. The molecule has 0 fully saturated rings. The van der Waals surface area contributed by atoms with Crippen LogP contribution in [-0.2, 0) is 26.1 Å². The van der Waals surface area contributed by atoms with Crippen LogP contribution in [0.4, 0.5) is 5.13 Å². The van der Waals surface area contributed by atoms with Crippen LogP contribution in [0.15, 0.2) is 24.3 Å². The minimum absolute atomic E-state index is 0.0551. The number of hydrogen-bond acceptors (Lipinski definition) is 7. The van der Waals surface area contributed by atoms with Crippen LogP contribution >= 0.6 is 11.3 Å². The van der Waals surface area contributed by atoms with Gasteiger partial charge >= 0.3 is 11.9 Å². The molecule has 0 saturated carbocycles. The Balaban J connectivity index is 1.94. The summed E-state index contributed by atoms with van der Waals surface area (Å²) in [6.07, 6.45) is 0. The number of benzene rings is 1. The number of esters is 1. The maximum atomic E-state index is 12.2. The molecule has 8 nitrogen and oxygen atoms in total. The fourth-order valence-electron chi connectivity index (χ4n) is 2.17. The number of rotatable bonds is 8. The van der Waals surface area contributed by atoms with Crippen molar-refractivity contribution in [3.63, 3.8) is 0 Å². The highest BCUT2D eigenvalue weighted by Crippen LogP contribution is 2.23. The number of aromatic carboxylic acids is 1. The third kappa shape index (κ3) is 5.97. The smallest absolute Gasteiger partial charge is 0.350 e. The quantitative estimate of drug-likeness (QED) is 0.640. The van der Waals surface area contributed by atoms with Crippen LogP contribution in [0.5, 0.6) is 0 Å². The highest BCUT2D eigenvalue weighted by molar-refractivity contribution is 7.85. The highest BCUT2D eigenvalue weighted by atomic mass is 32.2. The van der Waals surface area contributed by atoms with Crippen molar-refractivity contribution in [2.45, 2.75) is 19.6 Å². The van der Waals surface area contributed by atoms with Gasteiger partial charge in [0.05, 0.1) is 17.9 Å². The lowest BCUT2D eigenvalue weighted by molar-refractivity contribution is -0.113. The number of nitrogens with zero attached hydrogens (tertiary/aromatic N) is 1. The number of carbonyl (C=O) groups is 3. The first-order valence-electron chi connectivity index (χ1n) is 7.91. The molecule has 2 aromatic rings. The van der Waals surface area contributed by atoms with Gasteiger partial charge in [-0.15, -0.1) is 0 Å². The zero-order valence-electron chi connectivity index (χ0n) is 14.7. The molecule has 0 aliphatic carbocycles. The first-order valence-corrected chi connectivity index (χ1v) is 10.2. The molecule has 144 valence electrons. The molecule has 0 bridgehead atoms. The predicted molar refractivity (Wildman–Crippen MR) is 102 cm³/mol. The van der Waals surface area contributed by atoms with Crippen LogP contribution in [-0.4, -0.2) is 44.5 Å². The van der Waals surface area contributed by atoms with E-state index in [-0.39, 0.29) is 28.8 Å². The van der Waals surface area contributed by atoms with Crippen molar-refractivity contribution in [2.75, 3.05) is 17.7 Å². The minimum atomic E-state index is -1.53. The Morgan fingerprint density at radius 2 is 2.07 bits per heavy atom. The number of nitrogens with one attached hydrogen (secondary N) is 1. The Labute approximate surface area is 162 Å². The van der Waals surface area contributed by atoms with Crippen molar-refractivity contribution in [3.05, 3.63) is 46.0 Å². The Hall–Kier alpha value is -2.59. The molecule has 1 heterocycles. The molecule has 0 aliphatic heterocycles. The summed E-state index contributed by atoms with van der Waals surface area (Å²) in [7, 11) is -1.53. The number of ether oxygens (including phenoxy) is 1. The third-order valence-corrected chi connectivity index (χ3v) is 5.59. The van der Waals surface area contributed by atoms with Crippen LogP contribution in [0.2, 0.25) is 0 Å². The fraction of sp³-hybridized carbons (Fsp3) is 0.294. The van der Waals surface area contributed by atoms with Gasteiger partial charge in [-0.05, 0) is 31.5 Å². The van der Waals surface area contributed by atoms with E-state index in [0.717, 1.165) is 11.3 Å². The average Bonchev–Trinajstić information content (AvgIpc) is 2.95. The van der Waals surface area contributed by atoms with Gasteiger partial charge in [0.15, 0.2) is 5.13 Å². The molecule has 1 atom stereocenters. The lowest BCUT2D eigenvalue weighted by atomic mass is 10.1. The molecule has 0 spiro atoms. The Kier molecular flexibility index (Phi) is 7.19. The van der Waals surface area contributed by atoms with Gasteiger partial charge in [0, 0.05) is 16.6 Å². The first-order chi connectivity index (χ1) is 12.8. The molecular formula is C17H18N2O6S2. The number of hydrogen-bond donors (Lipinski definition) is 2. The predicted octanol–water partition coefficient (Wildman–Crippen LogP) is 2.21. The molecule has 27 heavy (non-hydrogen) atoms. The molecule has 1 amide bonds. The number of anilines is 1. The van der Waals surface area contributed by atoms with Gasteiger partial charge in [0.25, 0.3) is 0 Å². The number of carboxylic acid groups (broad SMARTS) is 1. The van der Waals surface area contributed by atoms with Gasteiger partial charge < -0.3 is 15.2 Å². The molecule has 10 heteroatoms. The van der Waals surface area contributed by atoms with Crippen molar-refractivity contribution in [1.29, 1.82) is 0 Å². The van der Waals surface area contributed by atoms with E-state index in [9.17, 15) is 18.6 Å². The van der Waals surface area contributed by atoms with E-state index < -0.39 is 28.6 Å². The minimum Gasteiger partial charge on any atom is -0.478 e. The summed E-state index contributed by atoms with van der Waals surface area (Å²) >= 11 is 0.990. The number of aromatic nitrogens is 1. The van der Waals surface area contributed by atoms with Crippen molar-refractivity contribution < 1.29 is 28.4 Å². The molecule has 1 unspecified atom stereocenters. The maximum absolute atomic E-state index is 12.2. The molecule has 0 aliphatic rings. The van der Waals surface area contributed by atoms with Crippen LogP contribution < -0.4 is 5.32 Å². The highest BCUT2D eigenvalue weighted by Gasteiger charge is 2.18. The molecule has 1 aromatic carbocycles. The van der Waals surface area contributed by atoms with Crippen molar-refractivity contribution in [2.24, 2.45) is 0 Å². The summed E-state index contributed by atoms with van der Waals surface area (Å²) in [4.78, 5) is 39.2. The zero-order chi connectivity index (χ0) is 20.0. The number of thiazole rings is 1. The largest absolute Gasteiger partial charge is 0.478 e. The summed E-state index contributed by atoms with van der Waals surface area (Å²) in [6.45, 7) is 3.56. The first kappa shape index (κ1) is 20.7. The summed E-state index contributed by atoms with van der Waals surface area (Å²) < 4.78 is 17.1. The van der Waals surface area contributed by atoms with Crippen LogP contribution in [0.1, 0.15) is 38.2 Å². The van der Waals surface area contributed by atoms with Crippen LogP contribution in [0, 0.1) is 6.92 Å². The molecule has 0 saturated heterocycles. The number of carbonyl (C=O) groups excluding carboxylic acids is 2. The van der Waals surface area contributed by atoms with Crippen LogP contribution in [0.3, 0.4) is 0 Å². The summed E-state index contributed by atoms with van der Waals surface area (Å²) in [5.41, 5.74) is 1.11. The van der Waals surface area contributed by atoms with Gasteiger partial charge in [0.2, 0.25) is 5.91 Å². The van der Waals surface area contributed by atoms with E-state index >= 15 is 0 Å². The lowest BCUT2D eigenvalue weighted by Gasteiger charge is -2.04. The SMILES string of the molecule is CCOC(=O)c1sc(NC(=O)CS(=O)Cc2cccc(C(=O)O)c2)nc1C. The summed E-state index contributed by atoms with van der Waals surface area (Å²) in [6, 6.07) is 6.07. The molecule has 0 radical (unpaired) electrons. The zero-order valence-corrected chi connectivity index (χ0v) is 16.3. The van der Waals surface area contributed by atoms with Gasteiger partial charge in [-0.1, -0.05) is 23.5 Å². The van der Waals surface area contributed by atoms with E-state index in [1.807, 2.05) is 0 Å². The Morgan fingerprint density at radius 3 is 2.74 bits per heavy atom. The average molecular weight is 410 g/mol. The number of aryl methyl sites for hydroxylation is 1. The second-order valence-electron chi connectivity index (χ2n) is 5.44. The van der Waals surface area contributed by atoms with Crippen LogP contribution in [0.25, 0.3) is 0 Å². The van der Waals surface area contributed by atoms with E-state index in [2.05, 4.69) is 10.3 Å². The summed E-state index contributed by atoms with van der Waals surface area (Å²) in [5.74, 6) is -2.30. The molecule has 1 aromatic heterocycles.